The first-order valence-electron chi connectivity index (χ1n) is 5.81. The minimum Gasteiger partial charge on any atom is -0.341 e. The van der Waals surface area contributed by atoms with Crippen LogP contribution in [0, 0.1) is 11.6 Å². The second kappa shape index (κ2) is 5.93. The Balaban J connectivity index is 2.00. The largest absolute Gasteiger partial charge is 0.341 e. The molecule has 2 rings (SSSR count). The minimum atomic E-state index is -1.00. The first-order chi connectivity index (χ1) is 9.08. The molecule has 0 saturated heterocycles. The Kier molecular flexibility index (Phi) is 4.27. The van der Waals surface area contributed by atoms with Crippen LogP contribution in [0.1, 0.15) is 15.2 Å². The quantitative estimate of drug-likeness (QED) is 0.841. The Bertz CT molecular complexity index is 569. The molecule has 0 atom stereocenters. The first kappa shape index (κ1) is 13.7. The number of benzene rings is 1. The molecule has 0 fully saturated rings. The number of likely N-dealkylation sites (N-methyl/N-ethyl adjacent to an activating group) is 1. The number of amides is 1. The molecule has 0 aliphatic heterocycles. The van der Waals surface area contributed by atoms with Gasteiger partial charge < -0.3 is 4.90 Å². The van der Waals surface area contributed by atoms with Gasteiger partial charge in [-0.2, -0.15) is 0 Å². The molecule has 19 heavy (non-hydrogen) atoms. The van der Waals surface area contributed by atoms with Crippen LogP contribution in [0.5, 0.6) is 0 Å². The maximum Gasteiger partial charge on any atom is 0.253 e. The third kappa shape index (κ3) is 3.38. The van der Waals surface area contributed by atoms with E-state index in [-0.39, 0.29) is 11.5 Å². The van der Waals surface area contributed by atoms with E-state index in [4.69, 9.17) is 0 Å². The van der Waals surface area contributed by atoms with E-state index in [2.05, 4.69) is 0 Å². The van der Waals surface area contributed by atoms with Gasteiger partial charge in [0.15, 0.2) is 11.6 Å². The molecule has 0 aliphatic rings. The lowest BCUT2D eigenvalue weighted by Crippen LogP contribution is -2.28. The van der Waals surface area contributed by atoms with Gasteiger partial charge in [0.05, 0.1) is 0 Å². The molecule has 2 aromatic rings. The zero-order valence-corrected chi connectivity index (χ0v) is 11.2. The van der Waals surface area contributed by atoms with E-state index >= 15 is 0 Å². The van der Waals surface area contributed by atoms with Crippen LogP contribution in [0.3, 0.4) is 0 Å². The van der Waals surface area contributed by atoms with Gasteiger partial charge in [0.25, 0.3) is 5.91 Å². The monoisotopic (exact) mass is 281 g/mol. The highest BCUT2D eigenvalue weighted by atomic mass is 32.1. The molecule has 0 N–H and O–H groups in total. The summed E-state index contributed by atoms with van der Waals surface area (Å²) in [5.41, 5.74) is 0.160. The van der Waals surface area contributed by atoms with Gasteiger partial charge in [-0.1, -0.05) is 6.07 Å². The number of hydrogen-bond donors (Lipinski definition) is 0. The van der Waals surface area contributed by atoms with E-state index in [0.29, 0.717) is 6.54 Å². The van der Waals surface area contributed by atoms with Crippen molar-refractivity contribution in [1.82, 2.24) is 4.90 Å². The number of carbonyl (C=O) groups is 1. The third-order valence-corrected chi connectivity index (χ3v) is 3.72. The molecule has 5 heteroatoms. The summed E-state index contributed by atoms with van der Waals surface area (Å²) >= 11 is 1.63. The van der Waals surface area contributed by atoms with Crippen molar-refractivity contribution in [2.75, 3.05) is 13.6 Å². The lowest BCUT2D eigenvalue weighted by molar-refractivity contribution is 0.0796. The van der Waals surface area contributed by atoms with Gasteiger partial charge >= 0.3 is 0 Å². The molecule has 2 nitrogen and oxygen atoms in total. The van der Waals surface area contributed by atoms with Crippen molar-refractivity contribution in [3.05, 3.63) is 57.8 Å². The van der Waals surface area contributed by atoms with Crippen molar-refractivity contribution in [2.24, 2.45) is 0 Å². The van der Waals surface area contributed by atoms with Crippen LogP contribution in [0.2, 0.25) is 0 Å². The van der Waals surface area contributed by atoms with E-state index in [1.807, 2.05) is 17.5 Å². The number of halogens is 2. The molecule has 0 radical (unpaired) electrons. The number of rotatable bonds is 4. The van der Waals surface area contributed by atoms with Gasteiger partial charge in [0.1, 0.15) is 0 Å². The normalized spacial score (nSPS) is 10.5. The summed E-state index contributed by atoms with van der Waals surface area (Å²) in [5.74, 6) is -2.26. The minimum absolute atomic E-state index is 0.160. The molecule has 1 heterocycles. The Morgan fingerprint density at radius 2 is 2.05 bits per heavy atom. The Labute approximate surface area is 114 Å². The fraction of sp³-hybridized carbons (Fsp3) is 0.214. The topological polar surface area (TPSA) is 20.3 Å². The smallest absolute Gasteiger partial charge is 0.253 e. The molecule has 1 aromatic heterocycles. The van der Waals surface area contributed by atoms with E-state index in [0.717, 1.165) is 18.6 Å². The summed E-state index contributed by atoms with van der Waals surface area (Å²) in [6.45, 7) is 0.540. The standard InChI is InChI=1S/C14H13F2NOS/c1-17(7-6-11-3-2-8-19-11)14(18)10-4-5-12(15)13(16)9-10/h2-5,8-9H,6-7H2,1H3. The van der Waals surface area contributed by atoms with Crippen molar-refractivity contribution in [3.63, 3.8) is 0 Å². The molecule has 0 unspecified atom stereocenters. The second-order valence-corrected chi connectivity index (χ2v) is 5.22. The van der Waals surface area contributed by atoms with Crippen molar-refractivity contribution in [3.8, 4) is 0 Å². The molecule has 0 saturated carbocycles. The van der Waals surface area contributed by atoms with Crippen LogP contribution in [-0.4, -0.2) is 24.4 Å². The molecule has 100 valence electrons. The van der Waals surface area contributed by atoms with Crippen LogP contribution in [0.25, 0.3) is 0 Å². The number of thiophene rings is 1. The van der Waals surface area contributed by atoms with E-state index in [1.54, 1.807) is 18.4 Å². The van der Waals surface area contributed by atoms with Gasteiger partial charge in [-0.15, -0.1) is 11.3 Å². The lowest BCUT2D eigenvalue weighted by atomic mass is 10.2. The molecule has 0 aliphatic carbocycles. The molecular formula is C14H13F2NOS. The van der Waals surface area contributed by atoms with Crippen LogP contribution >= 0.6 is 11.3 Å². The number of nitrogens with zero attached hydrogens (tertiary/aromatic N) is 1. The zero-order chi connectivity index (χ0) is 13.8. The maximum absolute atomic E-state index is 13.1. The van der Waals surface area contributed by atoms with Crippen molar-refractivity contribution >= 4 is 17.2 Å². The Morgan fingerprint density at radius 1 is 1.26 bits per heavy atom. The van der Waals surface area contributed by atoms with Crippen LogP contribution < -0.4 is 0 Å². The van der Waals surface area contributed by atoms with Crippen LogP contribution in [0.4, 0.5) is 8.78 Å². The summed E-state index contributed by atoms with van der Waals surface area (Å²) in [6.07, 6.45) is 0.754. The average molecular weight is 281 g/mol. The molecule has 0 bridgehead atoms. The second-order valence-electron chi connectivity index (χ2n) is 4.18. The van der Waals surface area contributed by atoms with E-state index < -0.39 is 11.6 Å². The average Bonchev–Trinajstić information content (AvgIpc) is 2.91. The fourth-order valence-corrected chi connectivity index (χ4v) is 2.38. The van der Waals surface area contributed by atoms with Crippen molar-refractivity contribution in [2.45, 2.75) is 6.42 Å². The summed E-state index contributed by atoms with van der Waals surface area (Å²) < 4.78 is 25.9. The van der Waals surface area contributed by atoms with Gasteiger partial charge in [0, 0.05) is 24.0 Å². The first-order valence-corrected chi connectivity index (χ1v) is 6.69. The highest BCUT2D eigenvalue weighted by Gasteiger charge is 2.14. The molecule has 0 spiro atoms. The predicted octanol–water partition coefficient (Wildman–Crippen LogP) is 3.34. The molecular weight excluding hydrogens is 268 g/mol. The SMILES string of the molecule is CN(CCc1cccs1)C(=O)c1ccc(F)c(F)c1. The van der Waals surface area contributed by atoms with Crippen LogP contribution in [0.15, 0.2) is 35.7 Å². The number of carbonyl (C=O) groups excluding carboxylic acids is 1. The van der Waals surface area contributed by atoms with Crippen molar-refractivity contribution in [1.29, 1.82) is 0 Å². The van der Waals surface area contributed by atoms with Crippen LogP contribution in [-0.2, 0) is 6.42 Å². The molecule has 1 aromatic carbocycles. The summed E-state index contributed by atoms with van der Waals surface area (Å²) in [4.78, 5) is 14.7. The zero-order valence-electron chi connectivity index (χ0n) is 10.4. The highest BCUT2D eigenvalue weighted by molar-refractivity contribution is 7.09. The molecule has 1 amide bonds. The summed E-state index contributed by atoms with van der Waals surface area (Å²) in [7, 11) is 1.65. The van der Waals surface area contributed by atoms with Gasteiger partial charge in [0.2, 0.25) is 0 Å². The highest BCUT2D eigenvalue weighted by Crippen LogP contribution is 2.12. The van der Waals surface area contributed by atoms with E-state index in [9.17, 15) is 13.6 Å². The predicted molar refractivity (Wildman–Crippen MR) is 71.3 cm³/mol. The van der Waals surface area contributed by atoms with Crippen molar-refractivity contribution < 1.29 is 13.6 Å². The Morgan fingerprint density at radius 3 is 2.68 bits per heavy atom. The van der Waals surface area contributed by atoms with Gasteiger partial charge in [-0.05, 0) is 36.1 Å². The van der Waals surface area contributed by atoms with Gasteiger partial charge in [-0.25, -0.2) is 8.78 Å². The summed E-state index contributed by atoms with van der Waals surface area (Å²) in [6, 6.07) is 7.15. The Hall–Kier alpha value is -1.75. The fourth-order valence-electron chi connectivity index (χ4n) is 1.68. The number of hydrogen-bond acceptors (Lipinski definition) is 2. The maximum atomic E-state index is 13.1. The lowest BCUT2D eigenvalue weighted by Gasteiger charge is -2.16. The van der Waals surface area contributed by atoms with E-state index in [1.165, 1.54) is 15.8 Å². The third-order valence-electron chi connectivity index (χ3n) is 2.79. The summed E-state index contributed by atoms with van der Waals surface area (Å²) in [5, 5.41) is 1.98. The van der Waals surface area contributed by atoms with Gasteiger partial charge in [-0.3, -0.25) is 4.79 Å².